The summed E-state index contributed by atoms with van der Waals surface area (Å²) in [6.45, 7) is 5.73. The number of hydrogen-bond donors (Lipinski definition) is 1. The molecule has 2 aliphatic heterocycles. The second kappa shape index (κ2) is 5.02. The molecule has 2 aliphatic rings. The van der Waals surface area contributed by atoms with Crippen LogP contribution < -0.4 is 5.32 Å². The zero-order chi connectivity index (χ0) is 12.5. The first-order chi connectivity index (χ1) is 8.77. The van der Waals surface area contributed by atoms with Crippen LogP contribution in [0.15, 0.2) is 6.20 Å². The molecule has 0 bridgehead atoms. The molecule has 0 aromatic carbocycles. The number of rotatable bonds is 2. The average molecular weight is 248 g/mol. The summed E-state index contributed by atoms with van der Waals surface area (Å²) in [6, 6.07) is 0. The van der Waals surface area contributed by atoms with Crippen LogP contribution in [0.2, 0.25) is 0 Å². The Morgan fingerprint density at radius 1 is 1.33 bits per heavy atom. The van der Waals surface area contributed by atoms with Gasteiger partial charge in [0.25, 0.3) is 0 Å². The fourth-order valence-corrected chi connectivity index (χ4v) is 3.46. The third-order valence-electron chi connectivity index (χ3n) is 4.58. The van der Waals surface area contributed by atoms with Crippen molar-refractivity contribution >= 4 is 0 Å². The van der Waals surface area contributed by atoms with E-state index in [1.54, 1.807) is 0 Å². The second-order valence-electron chi connectivity index (χ2n) is 5.78. The summed E-state index contributed by atoms with van der Waals surface area (Å²) in [5, 5.41) is 8.17. The van der Waals surface area contributed by atoms with Crippen molar-refractivity contribution in [2.24, 2.45) is 0 Å². The van der Waals surface area contributed by atoms with Gasteiger partial charge in [-0.2, -0.15) is 5.10 Å². The van der Waals surface area contributed by atoms with Crippen LogP contribution in [0.4, 0.5) is 0 Å². The first kappa shape index (κ1) is 12.2. The lowest BCUT2D eigenvalue weighted by molar-refractivity contribution is 0.217. The third kappa shape index (κ3) is 2.08. The highest BCUT2D eigenvalue weighted by molar-refractivity contribution is 5.23. The first-order valence-corrected chi connectivity index (χ1v) is 7.22. The van der Waals surface area contributed by atoms with E-state index >= 15 is 0 Å². The normalized spacial score (nSPS) is 29.9. The van der Waals surface area contributed by atoms with Gasteiger partial charge in [0.05, 0.1) is 6.20 Å². The van der Waals surface area contributed by atoms with Crippen molar-refractivity contribution in [2.75, 3.05) is 26.7 Å². The summed E-state index contributed by atoms with van der Waals surface area (Å²) < 4.78 is 2.25. The molecule has 0 amide bonds. The molecule has 3 rings (SSSR count). The van der Waals surface area contributed by atoms with Gasteiger partial charge in [0, 0.05) is 12.2 Å². The van der Waals surface area contributed by atoms with Gasteiger partial charge in [-0.25, -0.2) is 0 Å². The van der Waals surface area contributed by atoms with Gasteiger partial charge in [0.1, 0.15) is 6.17 Å². The molecule has 1 N–H and O–H groups in total. The number of nitrogens with one attached hydrogen (secondary N) is 1. The third-order valence-corrected chi connectivity index (χ3v) is 4.58. The number of likely N-dealkylation sites (tertiary alicyclic amines) is 1. The summed E-state index contributed by atoms with van der Waals surface area (Å²) in [5.41, 5.74) is 2.84. The lowest BCUT2D eigenvalue weighted by Gasteiger charge is -2.24. The minimum absolute atomic E-state index is 0.482. The van der Waals surface area contributed by atoms with Gasteiger partial charge in [-0.15, -0.1) is 0 Å². The van der Waals surface area contributed by atoms with Crippen molar-refractivity contribution in [2.45, 2.75) is 44.7 Å². The fraction of sp³-hybridized carbons (Fsp3) is 0.786. The molecule has 0 saturated carbocycles. The molecule has 4 heteroatoms. The smallest absolute Gasteiger partial charge is 0.104 e. The molecule has 100 valence electrons. The van der Waals surface area contributed by atoms with E-state index in [0.29, 0.717) is 12.1 Å². The van der Waals surface area contributed by atoms with Crippen molar-refractivity contribution < 1.29 is 0 Å². The number of hydrogen-bond acceptors (Lipinski definition) is 3. The van der Waals surface area contributed by atoms with Gasteiger partial charge in [-0.1, -0.05) is 0 Å². The van der Waals surface area contributed by atoms with Crippen LogP contribution in [0.5, 0.6) is 0 Å². The van der Waals surface area contributed by atoms with Crippen molar-refractivity contribution in [1.82, 2.24) is 20.0 Å². The van der Waals surface area contributed by atoms with Gasteiger partial charge in [-0.05, 0) is 64.2 Å². The van der Waals surface area contributed by atoms with Crippen LogP contribution in [-0.2, 0) is 0 Å². The molecule has 3 heterocycles. The van der Waals surface area contributed by atoms with E-state index in [9.17, 15) is 0 Å². The van der Waals surface area contributed by atoms with Crippen LogP contribution >= 0.6 is 0 Å². The SMILES string of the molecule is Cc1c(C2CCCNC2)cnn1C1CCCN1C. The zero-order valence-corrected chi connectivity index (χ0v) is 11.5. The van der Waals surface area contributed by atoms with Gasteiger partial charge >= 0.3 is 0 Å². The zero-order valence-electron chi connectivity index (χ0n) is 11.5. The predicted molar refractivity (Wildman–Crippen MR) is 72.7 cm³/mol. The van der Waals surface area contributed by atoms with Crippen LogP contribution in [0.25, 0.3) is 0 Å². The number of aromatic nitrogens is 2. The maximum atomic E-state index is 4.67. The van der Waals surface area contributed by atoms with Gasteiger partial charge in [-0.3, -0.25) is 9.58 Å². The number of nitrogens with zero attached hydrogens (tertiary/aromatic N) is 3. The summed E-state index contributed by atoms with van der Waals surface area (Å²) in [5.74, 6) is 0.666. The average Bonchev–Trinajstić information content (AvgIpc) is 2.96. The molecule has 2 atom stereocenters. The molecule has 0 spiro atoms. The molecule has 1 aromatic rings. The van der Waals surface area contributed by atoms with Gasteiger partial charge in [0.2, 0.25) is 0 Å². The highest BCUT2D eigenvalue weighted by Gasteiger charge is 2.27. The Hall–Kier alpha value is -0.870. The van der Waals surface area contributed by atoms with Crippen molar-refractivity contribution in [3.8, 4) is 0 Å². The Morgan fingerprint density at radius 3 is 2.89 bits per heavy atom. The molecular weight excluding hydrogens is 224 g/mol. The molecule has 2 saturated heterocycles. The molecule has 0 radical (unpaired) electrons. The standard InChI is InChI=1S/C14H24N4/c1-11-13(12-5-3-7-15-9-12)10-16-18(11)14-6-4-8-17(14)2/h10,12,14-15H,3-9H2,1-2H3. The minimum atomic E-state index is 0.482. The molecule has 18 heavy (non-hydrogen) atoms. The van der Waals surface area contributed by atoms with Crippen molar-refractivity contribution in [3.63, 3.8) is 0 Å². The summed E-state index contributed by atoms with van der Waals surface area (Å²) >= 11 is 0. The minimum Gasteiger partial charge on any atom is -0.316 e. The topological polar surface area (TPSA) is 33.1 Å². The van der Waals surface area contributed by atoms with Crippen LogP contribution in [0.1, 0.15) is 49.0 Å². The first-order valence-electron chi connectivity index (χ1n) is 7.22. The molecule has 2 unspecified atom stereocenters. The maximum Gasteiger partial charge on any atom is 0.104 e. The quantitative estimate of drug-likeness (QED) is 0.867. The molecule has 2 fully saturated rings. The predicted octanol–water partition coefficient (Wildman–Crippen LogP) is 1.88. The van der Waals surface area contributed by atoms with E-state index in [2.05, 4.69) is 40.2 Å². The van der Waals surface area contributed by atoms with Gasteiger partial charge < -0.3 is 5.32 Å². The fourth-order valence-electron chi connectivity index (χ4n) is 3.46. The largest absolute Gasteiger partial charge is 0.316 e. The van der Waals surface area contributed by atoms with E-state index in [0.717, 1.165) is 6.54 Å². The molecule has 1 aromatic heterocycles. The van der Waals surface area contributed by atoms with E-state index < -0.39 is 0 Å². The summed E-state index contributed by atoms with van der Waals surface area (Å²) in [4.78, 5) is 2.42. The monoisotopic (exact) mass is 248 g/mol. The highest BCUT2D eigenvalue weighted by atomic mass is 15.4. The molecule has 0 aliphatic carbocycles. The Balaban J connectivity index is 1.82. The maximum absolute atomic E-state index is 4.67. The summed E-state index contributed by atoms with van der Waals surface area (Å²) in [6.07, 6.45) is 7.72. The van der Waals surface area contributed by atoms with Crippen LogP contribution in [0, 0.1) is 6.92 Å². The van der Waals surface area contributed by atoms with Crippen molar-refractivity contribution in [1.29, 1.82) is 0 Å². The lowest BCUT2D eigenvalue weighted by atomic mass is 9.92. The van der Waals surface area contributed by atoms with Gasteiger partial charge in [0.15, 0.2) is 0 Å². The molecular formula is C14H24N4. The van der Waals surface area contributed by atoms with Crippen molar-refractivity contribution in [3.05, 3.63) is 17.5 Å². The van der Waals surface area contributed by atoms with E-state index in [1.165, 1.54) is 50.0 Å². The van der Waals surface area contributed by atoms with Crippen LogP contribution in [0.3, 0.4) is 0 Å². The Morgan fingerprint density at radius 2 is 2.22 bits per heavy atom. The Labute approximate surface area is 109 Å². The van der Waals surface area contributed by atoms with E-state index in [4.69, 9.17) is 0 Å². The lowest BCUT2D eigenvalue weighted by Crippen LogP contribution is -2.29. The van der Waals surface area contributed by atoms with E-state index in [1.807, 2.05) is 0 Å². The number of piperidine rings is 1. The van der Waals surface area contributed by atoms with E-state index in [-0.39, 0.29) is 0 Å². The highest BCUT2D eigenvalue weighted by Crippen LogP contribution is 2.30. The molecule has 4 nitrogen and oxygen atoms in total. The van der Waals surface area contributed by atoms with Crippen LogP contribution in [-0.4, -0.2) is 41.4 Å². The summed E-state index contributed by atoms with van der Waals surface area (Å²) in [7, 11) is 2.21. The second-order valence-corrected chi connectivity index (χ2v) is 5.78. The Bertz CT molecular complexity index is 406. The Kier molecular flexibility index (Phi) is 3.39.